The Hall–Kier alpha value is -2.87. The van der Waals surface area contributed by atoms with Gasteiger partial charge < -0.3 is 15.0 Å². The fourth-order valence-electron chi connectivity index (χ4n) is 3.73. The van der Waals surface area contributed by atoms with E-state index in [0.717, 1.165) is 23.7 Å². The number of piperidine rings is 1. The predicted molar refractivity (Wildman–Crippen MR) is 105 cm³/mol. The van der Waals surface area contributed by atoms with Crippen molar-refractivity contribution in [3.8, 4) is 5.69 Å². The van der Waals surface area contributed by atoms with E-state index in [1.54, 1.807) is 16.4 Å². The number of rotatable bonds is 5. The number of benzene rings is 1. The van der Waals surface area contributed by atoms with E-state index in [9.17, 15) is 14.4 Å². The lowest BCUT2D eigenvalue weighted by Crippen LogP contribution is -3.14. The number of anilines is 1. The Morgan fingerprint density at radius 1 is 1.21 bits per heavy atom. The number of nitrogens with zero attached hydrogens (tertiary/aromatic N) is 2. The summed E-state index contributed by atoms with van der Waals surface area (Å²) in [4.78, 5) is 38.1. The summed E-state index contributed by atoms with van der Waals surface area (Å²) >= 11 is 0. The molecule has 0 spiro atoms. The van der Waals surface area contributed by atoms with Gasteiger partial charge in [-0.05, 0) is 19.1 Å². The summed E-state index contributed by atoms with van der Waals surface area (Å²) in [5, 5.41) is 2.80. The van der Waals surface area contributed by atoms with Crippen molar-refractivity contribution in [2.45, 2.75) is 19.8 Å². The van der Waals surface area contributed by atoms with Gasteiger partial charge in [-0.3, -0.25) is 19.1 Å². The molecule has 2 N–H and O–H groups in total. The molecule has 2 aromatic rings. The van der Waals surface area contributed by atoms with Crippen molar-refractivity contribution in [1.82, 2.24) is 9.36 Å². The van der Waals surface area contributed by atoms with Gasteiger partial charge in [0, 0.05) is 19.9 Å². The van der Waals surface area contributed by atoms with Gasteiger partial charge in [-0.15, -0.1) is 0 Å². The molecule has 0 bridgehead atoms. The average Bonchev–Trinajstić information content (AvgIpc) is 2.92. The molecule has 1 amide bonds. The number of likely N-dealkylation sites (tertiary alicyclic amines) is 1. The highest BCUT2D eigenvalue weighted by Gasteiger charge is 2.29. The molecule has 28 heavy (non-hydrogen) atoms. The first-order valence-electron chi connectivity index (χ1n) is 9.47. The molecule has 8 heteroatoms. The second kappa shape index (κ2) is 8.43. The van der Waals surface area contributed by atoms with Gasteiger partial charge >= 0.3 is 5.97 Å². The van der Waals surface area contributed by atoms with Gasteiger partial charge in [-0.25, -0.2) is 4.68 Å². The Morgan fingerprint density at radius 2 is 1.86 bits per heavy atom. The highest BCUT2D eigenvalue weighted by Crippen LogP contribution is 2.14. The zero-order valence-electron chi connectivity index (χ0n) is 16.5. The minimum Gasteiger partial charge on any atom is -0.469 e. The molecule has 1 aliphatic heterocycles. The first kappa shape index (κ1) is 19.9. The van der Waals surface area contributed by atoms with Crippen LogP contribution < -0.4 is 15.8 Å². The van der Waals surface area contributed by atoms with Gasteiger partial charge in [0.05, 0.1) is 37.5 Å². The number of aromatic nitrogens is 2. The number of para-hydroxylation sites is 1. The monoisotopic (exact) mass is 387 g/mol. The van der Waals surface area contributed by atoms with E-state index >= 15 is 0 Å². The van der Waals surface area contributed by atoms with Crippen LogP contribution in [-0.2, 0) is 21.4 Å². The maximum atomic E-state index is 12.9. The summed E-state index contributed by atoms with van der Waals surface area (Å²) in [5.41, 5.74) is 1.50. The zero-order valence-corrected chi connectivity index (χ0v) is 16.5. The molecule has 0 saturated carbocycles. The van der Waals surface area contributed by atoms with Crippen LogP contribution in [0.15, 0.2) is 35.1 Å². The van der Waals surface area contributed by atoms with Crippen LogP contribution in [-0.4, -0.2) is 48.0 Å². The fourth-order valence-corrected chi connectivity index (χ4v) is 3.73. The molecular weight excluding hydrogens is 360 g/mol. The van der Waals surface area contributed by atoms with Gasteiger partial charge in [-0.2, -0.15) is 0 Å². The van der Waals surface area contributed by atoms with Crippen LogP contribution in [0.1, 0.15) is 18.5 Å². The van der Waals surface area contributed by atoms with Crippen LogP contribution in [0.2, 0.25) is 0 Å². The minimum atomic E-state index is -0.251. The van der Waals surface area contributed by atoms with Crippen molar-refractivity contribution in [3.05, 3.63) is 46.4 Å². The number of methoxy groups -OCH3 is 1. The van der Waals surface area contributed by atoms with Gasteiger partial charge in [0.2, 0.25) is 0 Å². The lowest BCUT2D eigenvalue weighted by atomic mass is 9.97. The molecule has 1 aromatic heterocycles. The summed E-state index contributed by atoms with van der Waals surface area (Å²) in [6.07, 6.45) is 1.42. The van der Waals surface area contributed by atoms with Crippen LogP contribution in [0.25, 0.3) is 5.69 Å². The van der Waals surface area contributed by atoms with Crippen molar-refractivity contribution >= 4 is 17.6 Å². The van der Waals surface area contributed by atoms with E-state index in [2.05, 4.69) is 5.32 Å². The normalized spacial score (nSPS) is 19.2. The van der Waals surface area contributed by atoms with Crippen molar-refractivity contribution in [1.29, 1.82) is 0 Å². The summed E-state index contributed by atoms with van der Waals surface area (Å²) in [7, 11) is 3.20. The summed E-state index contributed by atoms with van der Waals surface area (Å²) in [5.74, 6) is -0.450. The Morgan fingerprint density at radius 3 is 2.46 bits per heavy atom. The Kier molecular flexibility index (Phi) is 5.99. The number of esters is 1. The molecule has 1 saturated heterocycles. The van der Waals surface area contributed by atoms with Crippen LogP contribution in [0.5, 0.6) is 0 Å². The lowest BCUT2D eigenvalue weighted by Gasteiger charge is -2.27. The molecule has 0 unspecified atom stereocenters. The third-order valence-corrected chi connectivity index (χ3v) is 5.46. The van der Waals surface area contributed by atoms with Crippen LogP contribution in [0.3, 0.4) is 0 Å². The molecule has 1 fully saturated rings. The number of nitrogens with one attached hydrogen (secondary N) is 2. The molecule has 8 nitrogen and oxygen atoms in total. The summed E-state index contributed by atoms with van der Waals surface area (Å²) < 4.78 is 8.07. The largest absolute Gasteiger partial charge is 0.469 e. The van der Waals surface area contributed by atoms with Gasteiger partial charge in [0.1, 0.15) is 5.69 Å². The van der Waals surface area contributed by atoms with E-state index in [-0.39, 0.29) is 29.9 Å². The van der Waals surface area contributed by atoms with Gasteiger partial charge in [0.25, 0.3) is 11.5 Å². The zero-order chi connectivity index (χ0) is 20.3. The van der Waals surface area contributed by atoms with Crippen molar-refractivity contribution in [2.24, 2.45) is 13.0 Å². The lowest BCUT2D eigenvalue weighted by molar-refractivity contribution is -0.897. The highest BCUT2D eigenvalue weighted by molar-refractivity contribution is 5.91. The minimum absolute atomic E-state index is 0.0775. The predicted octanol–water partition coefficient (Wildman–Crippen LogP) is -0.109. The first-order valence-corrected chi connectivity index (χ1v) is 9.47. The number of quaternary nitrogens is 1. The van der Waals surface area contributed by atoms with Gasteiger partial charge in [0.15, 0.2) is 6.54 Å². The highest BCUT2D eigenvalue weighted by atomic mass is 16.5. The smallest absolute Gasteiger partial charge is 0.309 e. The van der Waals surface area contributed by atoms with E-state index in [4.69, 9.17) is 4.74 Å². The molecule has 150 valence electrons. The molecule has 0 aliphatic carbocycles. The Bertz CT molecular complexity index is 908. The second-order valence-electron chi connectivity index (χ2n) is 7.21. The van der Waals surface area contributed by atoms with Gasteiger partial charge in [-0.1, -0.05) is 18.2 Å². The van der Waals surface area contributed by atoms with Crippen molar-refractivity contribution in [2.75, 3.05) is 32.1 Å². The number of amides is 1. The van der Waals surface area contributed by atoms with Crippen molar-refractivity contribution < 1.29 is 19.2 Å². The summed E-state index contributed by atoms with van der Waals surface area (Å²) in [6, 6.07) is 9.32. The molecule has 0 radical (unpaired) electrons. The molecule has 1 aliphatic rings. The maximum absolute atomic E-state index is 12.9. The van der Waals surface area contributed by atoms with Crippen LogP contribution in [0, 0.1) is 12.8 Å². The number of hydrogen-bond donors (Lipinski definition) is 2. The topological polar surface area (TPSA) is 86.8 Å². The van der Waals surface area contributed by atoms with E-state index < -0.39 is 0 Å². The number of carbonyl (C=O) groups excluding carboxylic acids is 2. The second-order valence-corrected chi connectivity index (χ2v) is 7.21. The van der Waals surface area contributed by atoms with Crippen molar-refractivity contribution in [3.63, 3.8) is 0 Å². The molecular formula is C20H27N4O4+. The molecule has 3 rings (SSSR count). The molecule has 0 atom stereocenters. The third-order valence-electron chi connectivity index (χ3n) is 5.46. The third kappa shape index (κ3) is 4.01. The van der Waals surface area contributed by atoms with Crippen LogP contribution >= 0.6 is 0 Å². The number of hydrogen-bond acceptors (Lipinski definition) is 4. The first-order chi connectivity index (χ1) is 13.4. The fraction of sp³-hybridized carbons (Fsp3) is 0.450. The average molecular weight is 387 g/mol. The molecule has 2 heterocycles. The van der Waals surface area contributed by atoms with Crippen LogP contribution in [0.4, 0.5) is 5.69 Å². The number of ether oxygens (including phenoxy) is 1. The maximum Gasteiger partial charge on any atom is 0.309 e. The number of carbonyl (C=O) groups is 2. The van der Waals surface area contributed by atoms with E-state index in [0.29, 0.717) is 24.2 Å². The SMILES string of the molecule is COC(=O)C1CC[NH+](CC(=O)Nc2c(C)n(C)n(-c3ccccc3)c2=O)CC1. The summed E-state index contributed by atoms with van der Waals surface area (Å²) in [6.45, 7) is 3.54. The Balaban J connectivity index is 1.67. The molecule has 1 aromatic carbocycles. The standard InChI is InChI=1S/C20H26N4O4/c1-14-18(19(26)24(22(14)2)16-7-5-4-6-8-16)21-17(25)13-23-11-9-15(10-12-23)20(27)28-3/h4-8,15H,9-13H2,1-3H3,(H,21,25)/p+1. The Labute approximate surface area is 163 Å². The quantitative estimate of drug-likeness (QED) is 0.701. The van der Waals surface area contributed by atoms with E-state index in [1.807, 2.05) is 37.3 Å². The van der Waals surface area contributed by atoms with E-state index in [1.165, 1.54) is 7.11 Å².